The number of allylic oxidation sites excluding steroid dienone is 1. The molecule has 1 aliphatic heterocycles. The number of carbonyl (C=O) groups excluding carboxylic acids is 3. The minimum absolute atomic E-state index is 0.317. The molecular weight excluding hydrogens is 562 g/mol. The molecule has 0 fully saturated rings. The summed E-state index contributed by atoms with van der Waals surface area (Å²) in [6.07, 6.45) is 10.6. The molecule has 0 spiro atoms. The summed E-state index contributed by atoms with van der Waals surface area (Å²) in [5.74, 6) is -0.0973. The fraction of sp³-hybridized carbons (Fsp3) is 0.179. The summed E-state index contributed by atoms with van der Waals surface area (Å²) in [7, 11) is 1.26. The van der Waals surface area contributed by atoms with Crippen LogP contribution >= 0.6 is 11.6 Å². The zero-order chi connectivity index (χ0) is 29.5. The van der Waals surface area contributed by atoms with Crippen molar-refractivity contribution in [1.82, 2.24) is 35.5 Å². The Morgan fingerprint density at radius 3 is 2.90 bits per heavy atom. The molecule has 0 saturated heterocycles. The van der Waals surface area contributed by atoms with Crippen LogP contribution in [0.4, 0.5) is 16.2 Å². The van der Waals surface area contributed by atoms with Gasteiger partial charge in [-0.25, -0.2) is 9.78 Å². The van der Waals surface area contributed by atoms with Gasteiger partial charge in [0.2, 0.25) is 11.8 Å². The minimum Gasteiger partial charge on any atom is -0.453 e. The molecule has 0 unspecified atom stereocenters. The number of hydrogen-bond donors (Lipinski definition) is 4. The average molecular weight is 588 g/mol. The van der Waals surface area contributed by atoms with Gasteiger partial charge in [-0.05, 0) is 78.2 Å². The number of imidazole rings is 1. The molecular formula is C28H26ClN9O4. The van der Waals surface area contributed by atoms with Crippen LogP contribution in [0.3, 0.4) is 0 Å². The number of halogens is 1. The van der Waals surface area contributed by atoms with Gasteiger partial charge in [-0.1, -0.05) is 17.7 Å². The van der Waals surface area contributed by atoms with Gasteiger partial charge in [0.1, 0.15) is 12.2 Å². The summed E-state index contributed by atoms with van der Waals surface area (Å²) in [5, 5.41) is 20.2. The normalized spacial score (nSPS) is 15.9. The van der Waals surface area contributed by atoms with E-state index < -0.39 is 12.1 Å². The molecule has 0 saturated carbocycles. The number of amides is 3. The second kappa shape index (κ2) is 12.9. The van der Waals surface area contributed by atoms with E-state index in [0.717, 1.165) is 0 Å². The van der Waals surface area contributed by atoms with E-state index >= 15 is 0 Å². The van der Waals surface area contributed by atoms with Gasteiger partial charge in [0.25, 0.3) is 0 Å². The maximum absolute atomic E-state index is 13.1. The Balaban J connectivity index is 1.40. The lowest BCUT2D eigenvalue weighted by atomic mass is 10.1. The number of tetrazole rings is 1. The monoisotopic (exact) mass is 587 g/mol. The second-order valence-corrected chi connectivity index (χ2v) is 9.67. The quantitative estimate of drug-likeness (QED) is 0.248. The Morgan fingerprint density at radius 1 is 1.21 bits per heavy atom. The molecule has 1 aliphatic rings. The smallest absolute Gasteiger partial charge is 0.411 e. The van der Waals surface area contributed by atoms with Crippen LogP contribution in [0.25, 0.3) is 23.0 Å². The Morgan fingerprint density at radius 2 is 2.10 bits per heavy atom. The fourth-order valence-corrected chi connectivity index (χ4v) is 4.57. The van der Waals surface area contributed by atoms with Crippen LogP contribution in [0, 0.1) is 0 Å². The predicted molar refractivity (Wildman–Crippen MR) is 156 cm³/mol. The van der Waals surface area contributed by atoms with Gasteiger partial charge in [-0.2, -0.15) is 4.68 Å². The standard InChI is InChI=1S/C28H26ClN9O4/c1-42-28(41)32-19-9-10-20-22(14-19)34-25(39)6-4-2-3-5-21(27-30-15-23(20)35-27)33-26(40)12-7-17-13-18(29)8-11-24(17)38-16-31-36-37-38/h4,6-16,21H,2-3,5H2,1H3,(H,30,35)(H,32,41)(H,33,40)(H,34,39)/b6-4+,12-7+/t21-/m0/s1. The number of ether oxygens (including phenoxy) is 1. The molecule has 2 aromatic heterocycles. The molecule has 3 amide bonds. The number of benzene rings is 2. The van der Waals surface area contributed by atoms with Crippen LogP contribution in [0.5, 0.6) is 0 Å². The molecule has 5 rings (SSSR count). The van der Waals surface area contributed by atoms with Crippen molar-refractivity contribution in [1.29, 1.82) is 0 Å². The highest BCUT2D eigenvalue weighted by Crippen LogP contribution is 2.31. The van der Waals surface area contributed by atoms with E-state index in [4.69, 9.17) is 11.6 Å². The molecule has 3 heterocycles. The maximum atomic E-state index is 13.1. The largest absolute Gasteiger partial charge is 0.453 e. The summed E-state index contributed by atoms with van der Waals surface area (Å²) in [4.78, 5) is 45.2. The number of hydrogen-bond acceptors (Lipinski definition) is 8. The van der Waals surface area contributed by atoms with Crippen molar-refractivity contribution in [3.8, 4) is 16.9 Å². The second-order valence-electron chi connectivity index (χ2n) is 9.23. The summed E-state index contributed by atoms with van der Waals surface area (Å²) in [6.45, 7) is 0. The van der Waals surface area contributed by atoms with Crippen molar-refractivity contribution >= 4 is 47.0 Å². The van der Waals surface area contributed by atoms with Gasteiger partial charge in [0, 0.05) is 27.9 Å². The van der Waals surface area contributed by atoms with E-state index in [1.807, 2.05) is 0 Å². The van der Waals surface area contributed by atoms with Crippen molar-refractivity contribution in [3.05, 3.63) is 83.6 Å². The molecule has 1 atom stereocenters. The highest BCUT2D eigenvalue weighted by molar-refractivity contribution is 6.30. The third-order valence-electron chi connectivity index (χ3n) is 6.37. The molecule has 0 aliphatic carbocycles. The zero-order valence-corrected chi connectivity index (χ0v) is 23.1. The number of H-pyrrole nitrogens is 1. The van der Waals surface area contributed by atoms with E-state index in [-0.39, 0.29) is 11.8 Å². The third-order valence-corrected chi connectivity index (χ3v) is 6.61. The Kier molecular flexibility index (Phi) is 8.68. The number of methoxy groups -OCH3 is 1. The molecule has 214 valence electrons. The molecule has 42 heavy (non-hydrogen) atoms. The van der Waals surface area contributed by atoms with Gasteiger partial charge < -0.3 is 20.4 Å². The maximum Gasteiger partial charge on any atom is 0.411 e. The zero-order valence-electron chi connectivity index (χ0n) is 22.4. The van der Waals surface area contributed by atoms with Crippen LogP contribution in [0.15, 0.2) is 67.2 Å². The van der Waals surface area contributed by atoms with Crippen LogP contribution in [-0.4, -0.2) is 55.2 Å². The first-order chi connectivity index (χ1) is 20.4. The van der Waals surface area contributed by atoms with Crippen LogP contribution in [-0.2, 0) is 14.3 Å². The topological polar surface area (TPSA) is 169 Å². The van der Waals surface area contributed by atoms with Crippen molar-refractivity contribution in [2.75, 3.05) is 17.7 Å². The van der Waals surface area contributed by atoms with Gasteiger partial charge in [-0.15, -0.1) is 5.10 Å². The first-order valence-electron chi connectivity index (χ1n) is 12.9. The first kappa shape index (κ1) is 28.2. The van der Waals surface area contributed by atoms with E-state index in [0.29, 0.717) is 64.0 Å². The van der Waals surface area contributed by atoms with Crippen LogP contribution < -0.4 is 16.0 Å². The van der Waals surface area contributed by atoms with Crippen LogP contribution in [0.1, 0.15) is 36.7 Å². The predicted octanol–water partition coefficient (Wildman–Crippen LogP) is 4.43. The number of aromatic amines is 1. The third kappa shape index (κ3) is 6.88. The summed E-state index contributed by atoms with van der Waals surface area (Å²) in [5.41, 5.74) is 3.47. The number of nitrogens with zero attached hydrogens (tertiary/aromatic N) is 5. The number of nitrogens with one attached hydrogen (secondary N) is 4. The molecule has 0 radical (unpaired) electrons. The Bertz CT molecular complexity index is 1660. The van der Waals surface area contributed by atoms with E-state index in [1.54, 1.807) is 54.7 Å². The lowest BCUT2D eigenvalue weighted by Gasteiger charge is -2.15. The highest BCUT2D eigenvalue weighted by atomic mass is 35.5. The lowest BCUT2D eigenvalue weighted by Crippen LogP contribution is -2.27. The van der Waals surface area contributed by atoms with Gasteiger partial charge in [0.15, 0.2) is 0 Å². The number of fused-ring (bicyclic) bond motifs is 4. The van der Waals surface area contributed by atoms with Gasteiger partial charge in [-0.3, -0.25) is 14.9 Å². The SMILES string of the molecule is COC(=O)Nc1ccc2c(c1)NC(=O)/C=C/CCC[C@H](NC(=O)/C=C/c1cc(Cl)ccc1-n1cnnn1)c1ncc-2[nH]1. The number of anilines is 2. The number of carbonyl (C=O) groups is 3. The van der Waals surface area contributed by atoms with E-state index in [2.05, 4.69) is 46.2 Å². The molecule has 14 heteroatoms. The average Bonchev–Trinajstić information content (AvgIpc) is 3.68. The van der Waals surface area contributed by atoms with Gasteiger partial charge >= 0.3 is 6.09 Å². The minimum atomic E-state index is -0.635. The van der Waals surface area contributed by atoms with Crippen molar-refractivity contribution in [2.24, 2.45) is 0 Å². The van der Waals surface area contributed by atoms with Crippen molar-refractivity contribution in [3.63, 3.8) is 0 Å². The summed E-state index contributed by atoms with van der Waals surface area (Å²) < 4.78 is 6.14. The molecule has 13 nitrogen and oxygen atoms in total. The molecule has 2 bridgehead atoms. The van der Waals surface area contributed by atoms with Crippen molar-refractivity contribution < 1.29 is 19.1 Å². The van der Waals surface area contributed by atoms with E-state index in [1.165, 1.54) is 30.3 Å². The summed E-state index contributed by atoms with van der Waals surface area (Å²) >= 11 is 6.19. The Hall–Kier alpha value is -5.30. The number of aromatic nitrogens is 6. The summed E-state index contributed by atoms with van der Waals surface area (Å²) in [6, 6.07) is 9.80. The lowest BCUT2D eigenvalue weighted by molar-refractivity contribution is -0.117. The van der Waals surface area contributed by atoms with E-state index in [9.17, 15) is 14.4 Å². The molecule has 4 aromatic rings. The number of rotatable bonds is 5. The van der Waals surface area contributed by atoms with Crippen LogP contribution in [0.2, 0.25) is 5.02 Å². The highest BCUT2D eigenvalue weighted by Gasteiger charge is 2.19. The Labute approximate surface area is 245 Å². The first-order valence-corrected chi connectivity index (χ1v) is 13.3. The molecule has 4 N–H and O–H groups in total. The fourth-order valence-electron chi connectivity index (χ4n) is 4.39. The van der Waals surface area contributed by atoms with Crippen molar-refractivity contribution in [2.45, 2.75) is 25.3 Å². The van der Waals surface area contributed by atoms with Gasteiger partial charge in [0.05, 0.1) is 36.4 Å². The molecule has 2 aromatic carbocycles.